The average molecular weight is 473 g/mol. The number of ether oxygens (including phenoxy) is 2. The third kappa shape index (κ3) is 4.41. The topological polar surface area (TPSA) is 134 Å². The van der Waals surface area contributed by atoms with Gasteiger partial charge < -0.3 is 29.3 Å². The fourth-order valence-electron chi connectivity index (χ4n) is 3.93. The Labute approximate surface area is 195 Å². The Morgan fingerprint density at radius 1 is 1.21 bits per heavy atom. The molecule has 1 aliphatic heterocycles. The number of hydrogen-bond acceptors (Lipinski definition) is 9. The number of nitrogens with zero attached hydrogens (tertiary/aromatic N) is 5. The van der Waals surface area contributed by atoms with Crippen LogP contribution in [0.4, 0.5) is 5.95 Å². The monoisotopic (exact) mass is 472 g/mol. The number of rotatable bonds is 10. The van der Waals surface area contributed by atoms with Gasteiger partial charge in [-0.1, -0.05) is 17.3 Å². The number of aromatic nitrogens is 4. The van der Waals surface area contributed by atoms with Crippen molar-refractivity contribution in [2.75, 3.05) is 38.8 Å². The highest BCUT2D eigenvalue weighted by molar-refractivity contribution is 6.03. The van der Waals surface area contributed by atoms with Gasteiger partial charge in [-0.2, -0.15) is 4.98 Å². The van der Waals surface area contributed by atoms with Gasteiger partial charge in [-0.3, -0.25) is 13.9 Å². The molecule has 0 unspecified atom stereocenters. The molecule has 0 aliphatic carbocycles. The van der Waals surface area contributed by atoms with E-state index in [2.05, 4.69) is 15.5 Å². The van der Waals surface area contributed by atoms with Crippen LogP contribution in [0.3, 0.4) is 0 Å². The van der Waals surface area contributed by atoms with E-state index in [0.717, 1.165) is 15.8 Å². The minimum atomic E-state index is -0.459. The summed E-state index contributed by atoms with van der Waals surface area (Å²) in [4.78, 5) is 35.7. The molecule has 1 aromatic carbocycles. The van der Waals surface area contributed by atoms with Gasteiger partial charge in [-0.25, -0.2) is 4.79 Å². The standard InChI is InChI=1S/C22H28N6O6/c1-26-19-18(20(30)27(2)22(26)31)28(21(24-19)23-8-10-33-11-9-29)13-14-12-16(25-34-14)15-6-4-5-7-17(15)32-3/h4-7,14,29H,8-13H2,1-3H3,(H,23,24)/t14-/m1/s1. The maximum absolute atomic E-state index is 13.0. The summed E-state index contributed by atoms with van der Waals surface area (Å²) in [6.07, 6.45) is 0.149. The van der Waals surface area contributed by atoms with Crippen molar-refractivity contribution in [2.45, 2.75) is 19.1 Å². The highest BCUT2D eigenvalue weighted by atomic mass is 16.6. The van der Waals surface area contributed by atoms with E-state index in [0.29, 0.717) is 31.3 Å². The third-order valence-electron chi connectivity index (χ3n) is 5.65. The van der Waals surface area contributed by atoms with Crippen LogP contribution < -0.4 is 21.3 Å². The zero-order valence-electron chi connectivity index (χ0n) is 19.4. The maximum atomic E-state index is 13.0. The molecule has 182 valence electrons. The Morgan fingerprint density at radius 3 is 2.76 bits per heavy atom. The molecule has 0 saturated carbocycles. The lowest BCUT2D eigenvalue weighted by atomic mass is 10.0. The van der Waals surface area contributed by atoms with Crippen LogP contribution in [-0.2, 0) is 30.2 Å². The fraction of sp³-hybridized carbons (Fsp3) is 0.455. The quantitative estimate of drug-likeness (QED) is 0.396. The second-order valence-electron chi connectivity index (χ2n) is 7.86. The number of aliphatic hydroxyl groups is 1. The molecule has 3 heterocycles. The molecular formula is C22H28N6O6. The van der Waals surface area contributed by atoms with E-state index in [1.807, 2.05) is 24.3 Å². The number of methoxy groups -OCH3 is 1. The van der Waals surface area contributed by atoms with Gasteiger partial charge in [0.15, 0.2) is 17.3 Å². The van der Waals surface area contributed by atoms with Crippen molar-refractivity contribution in [3.63, 3.8) is 0 Å². The summed E-state index contributed by atoms with van der Waals surface area (Å²) in [5, 5.41) is 16.3. The fourth-order valence-corrected chi connectivity index (χ4v) is 3.93. The van der Waals surface area contributed by atoms with Gasteiger partial charge in [0.25, 0.3) is 5.56 Å². The molecule has 0 spiro atoms. The first-order valence-corrected chi connectivity index (χ1v) is 10.9. The zero-order chi connectivity index (χ0) is 24.2. The molecule has 4 rings (SSSR count). The molecule has 0 fully saturated rings. The van der Waals surface area contributed by atoms with Gasteiger partial charge in [-0.05, 0) is 12.1 Å². The van der Waals surface area contributed by atoms with Crippen molar-refractivity contribution >= 4 is 22.8 Å². The van der Waals surface area contributed by atoms with Crippen LogP contribution in [0, 0.1) is 0 Å². The summed E-state index contributed by atoms with van der Waals surface area (Å²) in [7, 11) is 4.61. The number of para-hydroxylation sites is 1. The third-order valence-corrected chi connectivity index (χ3v) is 5.65. The summed E-state index contributed by atoms with van der Waals surface area (Å²) in [5.41, 5.74) is 1.26. The minimum absolute atomic E-state index is 0.0653. The number of hydrogen-bond donors (Lipinski definition) is 2. The van der Waals surface area contributed by atoms with Crippen LogP contribution in [0.2, 0.25) is 0 Å². The summed E-state index contributed by atoms with van der Waals surface area (Å²) >= 11 is 0. The van der Waals surface area contributed by atoms with E-state index in [9.17, 15) is 9.59 Å². The summed E-state index contributed by atoms with van der Waals surface area (Å²) in [6.45, 7) is 1.18. The molecule has 0 saturated heterocycles. The number of fused-ring (bicyclic) bond motifs is 1. The molecular weight excluding hydrogens is 444 g/mol. The largest absolute Gasteiger partial charge is 0.496 e. The summed E-state index contributed by atoms with van der Waals surface area (Å²) < 4.78 is 14.8. The molecule has 2 aromatic heterocycles. The number of imidazole rings is 1. The van der Waals surface area contributed by atoms with Crippen LogP contribution >= 0.6 is 0 Å². The minimum Gasteiger partial charge on any atom is -0.496 e. The second-order valence-corrected chi connectivity index (χ2v) is 7.86. The highest BCUT2D eigenvalue weighted by Gasteiger charge is 2.28. The molecule has 34 heavy (non-hydrogen) atoms. The van der Waals surface area contributed by atoms with E-state index < -0.39 is 11.2 Å². The molecule has 2 N–H and O–H groups in total. The summed E-state index contributed by atoms with van der Waals surface area (Å²) in [5.74, 6) is 1.11. The van der Waals surface area contributed by atoms with E-state index in [4.69, 9.17) is 19.4 Å². The number of anilines is 1. The molecule has 3 aromatic rings. The molecule has 0 amide bonds. The number of oxime groups is 1. The van der Waals surface area contributed by atoms with E-state index in [1.54, 1.807) is 18.7 Å². The van der Waals surface area contributed by atoms with Crippen molar-refractivity contribution in [3.8, 4) is 5.75 Å². The maximum Gasteiger partial charge on any atom is 0.332 e. The predicted octanol–water partition coefficient (Wildman–Crippen LogP) is 0.0563. The zero-order valence-corrected chi connectivity index (χ0v) is 19.4. The molecule has 0 bridgehead atoms. The van der Waals surface area contributed by atoms with Crippen LogP contribution in [0.1, 0.15) is 12.0 Å². The second kappa shape index (κ2) is 10.1. The lowest BCUT2D eigenvalue weighted by Crippen LogP contribution is -2.37. The SMILES string of the molecule is COc1ccccc1C1=NO[C@@H](Cn2c(NCCOCCO)nc3c2c(=O)n(C)c(=O)n3C)C1. The van der Waals surface area contributed by atoms with E-state index in [-0.39, 0.29) is 37.0 Å². The van der Waals surface area contributed by atoms with E-state index >= 15 is 0 Å². The first-order chi connectivity index (χ1) is 16.5. The number of aliphatic hydroxyl groups excluding tert-OH is 1. The van der Waals surface area contributed by atoms with Crippen molar-refractivity contribution in [2.24, 2.45) is 19.3 Å². The van der Waals surface area contributed by atoms with Crippen LogP contribution in [0.25, 0.3) is 11.2 Å². The lowest BCUT2D eigenvalue weighted by molar-refractivity contribution is 0.0736. The molecule has 0 radical (unpaired) electrons. The Morgan fingerprint density at radius 2 is 2.00 bits per heavy atom. The first-order valence-electron chi connectivity index (χ1n) is 10.9. The molecule has 12 nitrogen and oxygen atoms in total. The normalized spacial score (nSPS) is 15.4. The number of aryl methyl sites for hydroxylation is 1. The van der Waals surface area contributed by atoms with E-state index in [1.165, 1.54) is 11.6 Å². The molecule has 12 heteroatoms. The summed E-state index contributed by atoms with van der Waals surface area (Å²) in [6, 6.07) is 7.57. The van der Waals surface area contributed by atoms with Crippen molar-refractivity contribution in [3.05, 3.63) is 50.7 Å². The lowest BCUT2D eigenvalue weighted by Gasteiger charge is -2.14. The number of nitrogens with one attached hydrogen (secondary N) is 1. The van der Waals surface area contributed by atoms with Crippen LogP contribution in [0.5, 0.6) is 5.75 Å². The Balaban J connectivity index is 1.63. The van der Waals surface area contributed by atoms with Gasteiger partial charge in [0.2, 0.25) is 5.95 Å². The molecule has 1 atom stereocenters. The van der Waals surface area contributed by atoms with Crippen LogP contribution in [0.15, 0.2) is 39.0 Å². The van der Waals surface area contributed by atoms with Gasteiger partial charge in [0.05, 0.1) is 39.2 Å². The first kappa shape index (κ1) is 23.5. The Kier molecular flexibility index (Phi) is 6.98. The Bertz CT molecular complexity index is 1320. The van der Waals surface area contributed by atoms with Crippen molar-refractivity contribution in [1.29, 1.82) is 0 Å². The van der Waals surface area contributed by atoms with Gasteiger partial charge in [0, 0.05) is 32.6 Å². The van der Waals surface area contributed by atoms with Gasteiger partial charge in [0.1, 0.15) is 5.75 Å². The van der Waals surface area contributed by atoms with Crippen molar-refractivity contribution in [1.82, 2.24) is 18.7 Å². The Hall–Kier alpha value is -3.64. The highest BCUT2D eigenvalue weighted by Crippen LogP contribution is 2.26. The van der Waals surface area contributed by atoms with Crippen LogP contribution in [-0.4, -0.2) is 69.1 Å². The predicted molar refractivity (Wildman–Crippen MR) is 126 cm³/mol. The van der Waals surface area contributed by atoms with Gasteiger partial charge in [-0.15, -0.1) is 0 Å². The molecule has 1 aliphatic rings. The average Bonchev–Trinajstić information content (AvgIpc) is 3.46. The smallest absolute Gasteiger partial charge is 0.332 e. The number of benzene rings is 1. The van der Waals surface area contributed by atoms with Crippen molar-refractivity contribution < 1.29 is 19.4 Å². The van der Waals surface area contributed by atoms with Gasteiger partial charge >= 0.3 is 5.69 Å².